The summed E-state index contributed by atoms with van der Waals surface area (Å²) in [7, 11) is 0. The molecule has 0 N–H and O–H groups in total. The van der Waals surface area contributed by atoms with Crippen LogP contribution in [0.1, 0.15) is 19.8 Å². The Kier molecular flexibility index (Phi) is 6.60. The summed E-state index contributed by atoms with van der Waals surface area (Å²) in [6, 6.07) is 0. The fourth-order valence-corrected chi connectivity index (χ4v) is 0.767. The fraction of sp³-hybridized carbons (Fsp3) is 0.364. The molecule has 0 saturated carbocycles. The molecular formula is C11H16O2. The van der Waals surface area contributed by atoms with E-state index < -0.39 is 0 Å². The number of rotatable bonds is 6. The van der Waals surface area contributed by atoms with Gasteiger partial charge in [-0.05, 0) is 12.0 Å². The molecule has 0 unspecified atom stereocenters. The van der Waals surface area contributed by atoms with Gasteiger partial charge >= 0.3 is 5.97 Å². The minimum absolute atomic E-state index is 0.167. The predicted molar refractivity (Wildman–Crippen MR) is 54.3 cm³/mol. The van der Waals surface area contributed by atoms with E-state index in [0.717, 1.165) is 12.0 Å². The molecule has 0 atom stereocenters. The van der Waals surface area contributed by atoms with Crippen molar-refractivity contribution in [3.8, 4) is 0 Å². The van der Waals surface area contributed by atoms with Crippen molar-refractivity contribution in [2.45, 2.75) is 19.8 Å². The van der Waals surface area contributed by atoms with Crippen molar-refractivity contribution in [2.75, 3.05) is 6.61 Å². The standard InChI is InChI=1S/C11H16O2/c1-4-7-10(6-3)9-13-11(12)8-5-2/h4,6-7H,1,3,5,8-9H2,2H3/b10-7+. The van der Waals surface area contributed by atoms with Gasteiger partial charge in [-0.1, -0.05) is 38.3 Å². The molecule has 0 fully saturated rings. The Labute approximate surface area is 79.6 Å². The van der Waals surface area contributed by atoms with E-state index in [0.29, 0.717) is 6.42 Å². The number of hydrogen-bond donors (Lipinski definition) is 0. The maximum absolute atomic E-state index is 11.0. The van der Waals surface area contributed by atoms with Gasteiger partial charge in [0.15, 0.2) is 0 Å². The Morgan fingerprint density at radius 3 is 2.62 bits per heavy atom. The Hall–Kier alpha value is -1.31. The summed E-state index contributed by atoms with van der Waals surface area (Å²) in [5.74, 6) is -0.167. The lowest BCUT2D eigenvalue weighted by Gasteiger charge is -2.03. The molecule has 0 aliphatic carbocycles. The molecule has 0 aromatic heterocycles. The molecule has 2 heteroatoms. The fourth-order valence-electron chi connectivity index (χ4n) is 0.767. The first-order chi connectivity index (χ1) is 6.24. The van der Waals surface area contributed by atoms with Crippen molar-refractivity contribution < 1.29 is 9.53 Å². The highest BCUT2D eigenvalue weighted by atomic mass is 16.5. The summed E-state index contributed by atoms with van der Waals surface area (Å²) < 4.78 is 4.96. The second kappa shape index (κ2) is 7.35. The molecule has 72 valence electrons. The summed E-state index contributed by atoms with van der Waals surface area (Å²) in [6.07, 6.45) is 6.35. The van der Waals surface area contributed by atoms with Gasteiger partial charge in [0.2, 0.25) is 0 Å². The normalized spacial score (nSPS) is 10.7. The van der Waals surface area contributed by atoms with E-state index in [1.165, 1.54) is 0 Å². The van der Waals surface area contributed by atoms with Crippen molar-refractivity contribution in [1.82, 2.24) is 0 Å². The molecule has 0 aromatic rings. The molecule has 0 aliphatic heterocycles. The molecule has 0 aliphatic rings. The number of carbonyl (C=O) groups is 1. The monoisotopic (exact) mass is 180 g/mol. The summed E-state index contributed by atoms with van der Waals surface area (Å²) in [5, 5.41) is 0. The van der Waals surface area contributed by atoms with Gasteiger partial charge in [0.1, 0.15) is 6.61 Å². The minimum Gasteiger partial charge on any atom is -0.461 e. The van der Waals surface area contributed by atoms with Crippen LogP contribution < -0.4 is 0 Å². The van der Waals surface area contributed by atoms with Crippen LogP contribution in [0.5, 0.6) is 0 Å². The van der Waals surface area contributed by atoms with Crippen molar-refractivity contribution in [3.05, 3.63) is 37.0 Å². The molecular weight excluding hydrogens is 164 g/mol. The summed E-state index contributed by atoms with van der Waals surface area (Å²) in [5.41, 5.74) is 0.861. The topological polar surface area (TPSA) is 26.3 Å². The van der Waals surface area contributed by atoms with E-state index in [1.807, 2.05) is 6.92 Å². The smallest absolute Gasteiger partial charge is 0.306 e. The molecule has 0 amide bonds. The van der Waals surface area contributed by atoms with Gasteiger partial charge in [-0.15, -0.1) is 0 Å². The molecule has 0 saturated heterocycles. The Bertz CT molecular complexity index is 214. The zero-order valence-corrected chi connectivity index (χ0v) is 8.08. The highest BCUT2D eigenvalue weighted by Gasteiger charge is 2.00. The van der Waals surface area contributed by atoms with E-state index in [-0.39, 0.29) is 12.6 Å². The maximum Gasteiger partial charge on any atom is 0.306 e. The van der Waals surface area contributed by atoms with Crippen LogP contribution in [0.3, 0.4) is 0 Å². The van der Waals surface area contributed by atoms with Crippen LogP contribution in [-0.4, -0.2) is 12.6 Å². The van der Waals surface area contributed by atoms with Gasteiger partial charge < -0.3 is 4.74 Å². The van der Waals surface area contributed by atoms with Crippen LogP contribution in [0.4, 0.5) is 0 Å². The van der Waals surface area contributed by atoms with Gasteiger partial charge in [0.05, 0.1) is 0 Å². The van der Waals surface area contributed by atoms with E-state index in [9.17, 15) is 4.79 Å². The molecule has 0 spiro atoms. The van der Waals surface area contributed by atoms with Crippen LogP contribution in [0, 0.1) is 0 Å². The Balaban J connectivity index is 3.85. The van der Waals surface area contributed by atoms with Gasteiger partial charge in [-0.25, -0.2) is 0 Å². The largest absolute Gasteiger partial charge is 0.461 e. The van der Waals surface area contributed by atoms with Crippen molar-refractivity contribution in [2.24, 2.45) is 0 Å². The van der Waals surface area contributed by atoms with Crippen molar-refractivity contribution in [3.63, 3.8) is 0 Å². The third-order valence-corrected chi connectivity index (χ3v) is 1.45. The average Bonchev–Trinajstić information content (AvgIpc) is 2.12. The molecule has 0 rings (SSSR count). The zero-order valence-electron chi connectivity index (χ0n) is 8.08. The van der Waals surface area contributed by atoms with E-state index in [1.54, 1.807) is 18.2 Å². The van der Waals surface area contributed by atoms with E-state index >= 15 is 0 Å². The minimum atomic E-state index is -0.167. The molecule has 13 heavy (non-hydrogen) atoms. The number of allylic oxidation sites excluding steroid dienone is 2. The summed E-state index contributed by atoms with van der Waals surface area (Å²) in [4.78, 5) is 11.0. The third kappa shape index (κ3) is 5.91. The number of carbonyl (C=O) groups excluding carboxylic acids is 1. The van der Waals surface area contributed by atoms with Crippen LogP contribution >= 0.6 is 0 Å². The highest BCUT2D eigenvalue weighted by molar-refractivity contribution is 5.69. The summed E-state index contributed by atoms with van der Waals surface area (Å²) >= 11 is 0. The Morgan fingerprint density at radius 2 is 2.15 bits per heavy atom. The highest BCUT2D eigenvalue weighted by Crippen LogP contribution is 1.99. The first-order valence-corrected chi connectivity index (χ1v) is 4.34. The average molecular weight is 180 g/mol. The molecule has 0 heterocycles. The second-order valence-corrected chi connectivity index (χ2v) is 2.59. The van der Waals surface area contributed by atoms with Crippen LogP contribution in [-0.2, 0) is 9.53 Å². The lowest BCUT2D eigenvalue weighted by molar-refractivity contribution is -0.142. The molecule has 2 nitrogen and oxygen atoms in total. The molecule has 0 bridgehead atoms. The van der Waals surface area contributed by atoms with E-state index in [2.05, 4.69) is 13.2 Å². The lowest BCUT2D eigenvalue weighted by Crippen LogP contribution is -2.05. The second-order valence-electron chi connectivity index (χ2n) is 2.59. The van der Waals surface area contributed by atoms with Crippen LogP contribution in [0.25, 0.3) is 0 Å². The first-order valence-electron chi connectivity index (χ1n) is 4.34. The van der Waals surface area contributed by atoms with Crippen molar-refractivity contribution in [1.29, 1.82) is 0 Å². The summed E-state index contributed by atoms with van der Waals surface area (Å²) in [6.45, 7) is 9.37. The van der Waals surface area contributed by atoms with Gasteiger partial charge in [0, 0.05) is 6.42 Å². The predicted octanol–water partition coefficient (Wildman–Crippen LogP) is 2.63. The van der Waals surface area contributed by atoms with E-state index in [4.69, 9.17) is 4.74 Å². The molecule has 0 radical (unpaired) electrons. The lowest BCUT2D eigenvalue weighted by atomic mass is 10.2. The number of hydrogen-bond acceptors (Lipinski definition) is 2. The quantitative estimate of drug-likeness (QED) is 0.464. The van der Waals surface area contributed by atoms with Crippen LogP contribution in [0.2, 0.25) is 0 Å². The molecule has 0 aromatic carbocycles. The van der Waals surface area contributed by atoms with Crippen molar-refractivity contribution >= 4 is 5.97 Å². The SMILES string of the molecule is C=C/C=C(\C=C)COC(=O)CCC. The number of ether oxygens (including phenoxy) is 1. The van der Waals surface area contributed by atoms with Gasteiger partial charge in [0.25, 0.3) is 0 Å². The third-order valence-electron chi connectivity index (χ3n) is 1.45. The van der Waals surface area contributed by atoms with Crippen LogP contribution in [0.15, 0.2) is 37.0 Å². The first kappa shape index (κ1) is 11.7. The maximum atomic E-state index is 11.0. The van der Waals surface area contributed by atoms with Gasteiger partial charge in [-0.2, -0.15) is 0 Å². The Morgan fingerprint density at radius 1 is 1.46 bits per heavy atom. The van der Waals surface area contributed by atoms with Gasteiger partial charge in [-0.3, -0.25) is 4.79 Å². The zero-order chi connectivity index (χ0) is 10.1. The number of esters is 1.